The maximum atomic E-state index is 9.13. The van der Waals surface area contributed by atoms with Crippen LogP contribution in [0.15, 0.2) is 10.7 Å². The highest BCUT2D eigenvalue weighted by Crippen LogP contribution is 2.31. The average Bonchev–Trinajstić information content (AvgIpc) is 3.08. The fourth-order valence-corrected chi connectivity index (χ4v) is 2.19. The predicted molar refractivity (Wildman–Crippen MR) is 71.3 cm³/mol. The van der Waals surface area contributed by atoms with Crippen LogP contribution >= 0.6 is 15.9 Å². The van der Waals surface area contributed by atoms with Crippen LogP contribution in [-0.2, 0) is 0 Å². The highest BCUT2D eigenvalue weighted by Gasteiger charge is 2.30. The molecule has 4 nitrogen and oxygen atoms in total. The third-order valence-electron chi connectivity index (χ3n) is 2.84. The van der Waals surface area contributed by atoms with Crippen LogP contribution in [0.1, 0.15) is 38.4 Å². The SMILES string of the molecule is CC(C)c1nc(Br)cc(N(CCO)C2CC2)n1. The Morgan fingerprint density at radius 2 is 2.18 bits per heavy atom. The maximum Gasteiger partial charge on any atom is 0.134 e. The summed E-state index contributed by atoms with van der Waals surface area (Å²) in [5.74, 6) is 2.08. The third-order valence-corrected chi connectivity index (χ3v) is 3.24. The van der Waals surface area contributed by atoms with E-state index in [0.29, 0.717) is 18.5 Å². The maximum absolute atomic E-state index is 9.13. The Morgan fingerprint density at radius 3 is 2.71 bits per heavy atom. The number of rotatable bonds is 5. The molecule has 0 saturated heterocycles. The van der Waals surface area contributed by atoms with E-state index in [2.05, 4.69) is 44.6 Å². The standard InChI is InChI=1S/C12H18BrN3O/c1-8(2)12-14-10(13)7-11(15-12)16(5-6-17)9-3-4-9/h7-9,17H,3-6H2,1-2H3. The van der Waals surface area contributed by atoms with Crippen LogP contribution in [0.4, 0.5) is 5.82 Å². The number of aliphatic hydroxyl groups excluding tert-OH is 1. The molecule has 17 heavy (non-hydrogen) atoms. The van der Waals surface area contributed by atoms with E-state index < -0.39 is 0 Å². The summed E-state index contributed by atoms with van der Waals surface area (Å²) in [5, 5.41) is 9.13. The molecular weight excluding hydrogens is 282 g/mol. The molecule has 0 amide bonds. The summed E-state index contributed by atoms with van der Waals surface area (Å²) in [6, 6.07) is 2.48. The van der Waals surface area contributed by atoms with Crippen LogP contribution in [-0.4, -0.2) is 34.3 Å². The number of aromatic nitrogens is 2. The quantitative estimate of drug-likeness (QED) is 0.848. The van der Waals surface area contributed by atoms with E-state index >= 15 is 0 Å². The molecule has 0 bridgehead atoms. The highest BCUT2D eigenvalue weighted by molar-refractivity contribution is 9.10. The van der Waals surface area contributed by atoms with Crippen molar-refractivity contribution >= 4 is 21.7 Å². The molecule has 1 aromatic heterocycles. The van der Waals surface area contributed by atoms with Crippen LogP contribution in [0, 0.1) is 0 Å². The van der Waals surface area contributed by atoms with Gasteiger partial charge in [0, 0.05) is 24.6 Å². The first-order chi connectivity index (χ1) is 8.11. The zero-order chi connectivity index (χ0) is 12.4. The van der Waals surface area contributed by atoms with E-state index in [1.54, 1.807) is 0 Å². The summed E-state index contributed by atoms with van der Waals surface area (Å²) in [7, 11) is 0. The normalized spacial score (nSPS) is 15.4. The van der Waals surface area contributed by atoms with Crippen molar-refractivity contribution in [3.63, 3.8) is 0 Å². The van der Waals surface area contributed by atoms with Crippen LogP contribution in [0.2, 0.25) is 0 Å². The molecule has 1 aliphatic carbocycles. The summed E-state index contributed by atoms with van der Waals surface area (Å²) in [4.78, 5) is 11.1. The first-order valence-electron chi connectivity index (χ1n) is 6.03. The lowest BCUT2D eigenvalue weighted by atomic mass is 10.2. The van der Waals surface area contributed by atoms with Crippen molar-refractivity contribution in [3.8, 4) is 0 Å². The van der Waals surface area contributed by atoms with Crippen molar-refractivity contribution in [2.45, 2.75) is 38.6 Å². The van der Waals surface area contributed by atoms with Crippen molar-refractivity contribution < 1.29 is 5.11 Å². The minimum atomic E-state index is 0.162. The number of aliphatic hydroxyl groups is 1. The number of nitrogens with zero attached hydrogens (tertiary/aromatic N) is 3. The first-order valence-corrected chi connectivity index (χ1v) is 6.83. The van der Waals surface area contributed by atoms with Crippen molar-refractivity contribution in [3.05, 3.63) is 16.5 Å². The van der Waals surface area contributed by atoms with Gasteiger partial charge in [0.05, 0.1) is 6.61 Å². The topological polar surface area (TPSA) is 49.2 Å². The molecule has 5 heteroatoms. The van der Waals surface area contributed by atoms with Gasteiger partial charge in [0.15, 0.2) is 0 Å². The third kappa shape index (κ3) is 3.16. The molecule has 2 rings (SSSR count). The second kappa shape index (κ2) is 5.31. The van der Waals surface area contributed by atoms with Crippen LogP contribution < -0.4 is 4.90 Å². The van der Waals surface area contributed by atoms with Gasteiger partial charge in [-0.05, 0) is 28.8 Å². The summed E-state index contributed by atoms with van der Waals surface area (Å²) in [6.45, 7) is 4.97. The van der Waals surface area contributed by atoms with E-state index in [-0.39, 0.29) is 6.61 Å². The van der Waals surface area contributed by atoms with E-state index in [4.69, 9.17) is 5.11 Å². The molecule has 1 N–H and O–H groups in total. The molecule has 0 spiro atoms. The van der Waals surface area contributed by atoms with Gasteiger partial charge in [-0.2, -0.15) is 0 Å². The van der Waals surface area contributed by atoms with Crippen molar-refractivity contribution in [2.24, 2.45) is 0 Å². The summed E-state index contributed by atoms with van der Waals surface area (Å²) in [6.07, 6.45) is 2.39. The van der Waals surface area contributed by atoms with Crippen molar-refractivity contribution in [2.75, 3.05) is 18.1 Å². The van der Waals surface area contributed by atoms with Crippen LogP contribution in [0.3, 0.4) is 0 Å². The smallest absolute Gasteiger partial charge is 0.134 e. The molecule has 1 heterocycles. The van der Waals surface area contributed by atoms with Gasteiger partial charge in [-0.1, -0.05) is 13.8 Å². The van der Waals surface area contributed by atoms with E-state index in [1.165, 1.54) is 12.8 Å². The lowest BCUT2D eigenvalue weighted by molar-refractivity contribution is 0.301. The van der Waals surface area contributed by atoms with Gasteiger partial charge in [0.25, 0.3) is 0 Å². The zero-order valence-electron chi connectivity index (χ0n) is 10.2. The summed E-state index contributed by atoms with van der Waals surface area (Å²) < 4.78 is 0.815. The first kappa shape index (κ1) is 12.8. The second-order valence-electron chi connectivity index (χ2n) is 4.71. The largest absolute Gasteiger partial charge is 0.395 e. The molecule has 1 aromatic rings. The summed E-state index contributed by atoms with van der Waals surface area (Å²) in [5.41, 5.74) is 0. The van der Waals surface area contributed by atoms with Crippen LogP contribution in [0.5, 0.6) is 0 Å². The van der Waals surface area contributed by atoms with Gasteiger partial charge in [0.2, 0.25) is 0 Å². The molecule has 0 atom stereocenters. The van der Waals surface area contributed by atoms with E-state index in [0.717, 1.165) is 16.2 Å². The van der Waals surface area contributed by atoms with Crippen molar-refractivity contribution in [1.29, 1.82) is 0 Å². The monoisotopic (exact) mass is 299 g/mol. The molecule has 0 unspecified atom stereocenters. The van der Waals surface area contributed by atoms with E-state index in [1.807, 2.05) is 6.07 Å². The van der Waals surface area contributed by atoms with Gasteiger partial charge < -0.3 is 10.0 Å². The molecule has 0 radical (unpaired) electrons. The lowest BCUT2D eigenvalue weighted by Gasteiger charge is -2.23. The number of anilines is 1. The van der Waals surface area contributed by atoms with Gasteiger partial charge in [0.1, 0.15) is 16.2 Å². The van der Waals surface area contributed by atoms with Gasteiger partial charge >= 0.3 is 0 Å². The second-order valence-corrected chi connectivity index (χ2v) is 5.52. The summed E-state index contributed by atoms with van der Waals surface area (Å²) >= 11 is 3.43. The van der Waals surface area contributed by atoms with Crippen molar-refractivity contribution in [1.82, 2.24) is 9.97 Å². The minimum Gasteiger partial charge on any atom is -0.395 e. The molecule has 1 fully saturated rings. The Labute approximate surface area is 110 Å². The van der Waals surface area contributed by atoms with Gasteiger partial charge in [-0.3, -0.25) is 0 Å². The number of hydrogen-bond acceptors (Lipinski definition) is 4. The Morgan fingerprint density at radius 1 is 1.47 bits per heavy atom. The van der Waals surface area contributed by atoms with E-state index in [9.17, 15) is 0 Å². The Bertz CT molecular complexity index is 393. The zero-order valence-corrected chi connectivity index (χ0v) is 11.8. The Balaban J connectivity index is 2.28. The molecular formula is C12H18BrN3O. The fraction of sp³-hybridized carbons (Fsp3) is 0.667. The molecule has 1 saturated carbocycles. The van der Waals surface area contributed by atoms with Gasteiger partial charge in [-0.25, -0.2) is 9.97 Å². The molecule has 1 aliphatic rings. The highest BCUT2D eigenvalue weighted by atomic mass is 79.9. The molecule has 0 aliphatic heterocycles. The number of halogens is 1. The lowest BCUT2D eigenvalue weighted by Crippen LogP contribution is -2.30. The number of hydrogen-bond donors (Lipinski definition) is 1. The Hall–Kier alpha value is -0.680. The van der Waals surface area contributed by atoms with Gasteiger partial charge in [-0.15, -0.1) is 0 Å². The average molecular weight is 300 g/mol. The fourth-order valence-electron chi connectivity index (χ4n) is 1.81. The minimum absolute atomic E-state index is 0.162. The molecule has 94 valence electrons. The van der Waals surface area contributed by atoms with Crippen LogP contribution in [0.25, 0.3) is 0 Å². The molecule has 0 aromatic carbocycles. The predicted octanol–water partition coefficient (Wildman–Crippen LogP) is 2.32. The Kier molecular flexibility index (Phi) is 3.99.